The first kappa shape index (κ1) is 20.7. The van der Waals surface area contributed by atoms with Crippen molar-refractivity contribution in [2.24, 2.45) is 0 Å². The molecule has 0 saturated heterocycles. The van der Waals surface area contributed by atoms with Crippen molar-refractivity contribution >= 4 is 21.8 Å². The zero-order chi connectivity index (χ0) is 21.6. The van der Waals surface area contributed by atoms with Gasteiger partial charge in [-0.05, 0) is 44.7 Å². The van der Waals surface area contributed by atoms with Crippen molar-refractivity contribution < 1.29 is 23.1 Å². The van der Waals surface area contributed by atoms with Crippen molar-refractivity contribution in [3.63, 3.8) is 0 Å². The number of sulfonamides is 1. The molecule has 4 rings (SSSR count). The first-order valence-corrected chi connectivity index (χ1v) is 11.6. The van der Waals surface area contributed by atoms with E-state index in [1.165, 1.54) is 19.0 Å². The van der Waals surface area contributed by atoms with Crippen LogP contribution in [0.5, 0.6) is 5.75 Å². The van der Waals surface area contributed by atoms with E-state index in [0.717, 1.165) is 28.3 Å². The van der Waals surface area contributed by atoms with Crippen molar-refractivity contribution in [2.75, 3.05) is 24.9 Å². The monoisotopic (exact) mass is 434 g/mol. The van der Waals surface area contributed by atoms with E-state index in [1.54, 1.807) is 18.3 Å². The normalized spacial score (nSPS) is 19.1. The second-order valence-electron chi connectivity index (χ2n) is 8.08. The smallest absolute Gasteiger partial charge is 0.412 e. The van der Waals surface area contributed by atoms with Crippen molar-refractivity contribution in [1.29, 1.82) is 0 Å². The Kier molecular flexibility index (Phi) is 5.23. The van der Waals surface area contributed by atoms with E-state index < -0.39 is 22.1 Å². The van der Waals surface area contributed by atoms with Crippen LogP contribution in [-0.4, -0.2) is 59.8 Å². The molecule has 1 atom stereocenters. The fraction of sp³-hybridized carbons (Fsp3) is 0.500. The summed E-state index contributed by atoms with van der Waals surface area (Å²) in [6, 6.07) is 3.81. The molecule has 1 saturated carbocycles. The third kappa shape index (κ3) is 3.77. The lowest BCUT2D eigenvalue weighted by molar-refractivity contribution is 0.198. The molecule has 0 bridgehead atoms. The van der Waals surface area contributed by atoms with Gasteiger partial charge in [0.25, 0.3) is 0 Å². The summed E-state index contributed by atoms with van der Waals surface area (Å²) in [4.78, 5) is 13.2. The molecule has 0 radical (unpaired) electrons. The van der Waals surface area contributed by atoms with Gasteiger partial charge in [-0.1, -0.05) is 0 Å². The van der Waals surface area contributed by atoms with E-state index >= 15 is 0 Å². The second kappa shape index (κ2) is 7.59. The van der Waals surface area contributed by atoms with Crippen LogP contribution < -0.4 is 9.64 Å². The number of rotatable bonds is 6. The van der Waals surface area contributed by atoms with Gasteiger partial charge in [-0.2, -0.15) is 5.10 Å². The summed E-state index contributed by atoms with van der Waals surface area (Å²) in [6.07, 6.45) is 6.07. The molecule has 2 aliphatic rings. The highest BCUT2D eigenvalue weighted by atomic mass is 32.2. The van der Waals surface area contributed by atoms with Crippen LogP contribution in [0, 0.1) is 0 Å². The summed E-state index contributed by atoms with van der Waals surface area (Å²) in [6.45, 7) is 1.86. The van der Waals surface area contributed by atoms with E-state index in [4.69, 9.17) is 4.74 Å². The van der Waals surface area contributed by atoms with Gasteiger partial charge >= 0.3 is 6.09 Å². The van der Waals surface area contributed by atoms with Gasteiger partial charge in [0, 0.05) is 43.0 Å². The van der Waals surface area contributed by atoms with Gasteiger partial charge in [0.15, 0.2) is 0 Å². The Bertz CT molecular complexity index is 1070. The standard InChI is InChI=1S/C20H26N4O5S/c1-13-4-7-17-18(24(13)20(25)26)9-8-16(14-10-21-23(11-14)15-5-6-15)19(17)29-12-30(27,28)22(2)3/h8-11,13,15H,4-7,12H2,1-3H3,(H,25,26)/t13-/m0/s1. The summed E-state index contributed by atoms with van der Waals surface area (Å²) < 4.78 is 33.6. The molecular formula is C20H26N4O5S. The topological polar surface area (TPSA) is 105 Å². The summed E-state index contributed by atoms with van der Waals surface area (Å²) in [5, 5.41) is 14.1. The van der Waals surface area contributed by atoms with E-state index in [0.29, 0.717) is 35.9 Å². The molecule has 2 aromatic rings. The fourth-order valence-electron chi connectivity index (χ4n) is 3.74. The van der Waals surface area contributed by atoms with Crippen LogP contribution in [0.2, 0.25) is 0 Å². The molecule has 162 valence electrons. The van der Waals surface area contributed by atoms with Crippen molar-refractivity contribution in [3.05, 3.63) is 30.1 Å². The third-order valence-electron chi connectivity index (χ3n) is 5.70. The number of hydrogen-bond acceptors (Lipinski definition) is 5. The molecule has 1 aliphatic heterocycles. The summed E-state index contributed by atoms with van der Waals surface area (Å²) >= 11 is 0. The number of aromatic nitrogens is 2. The molecule has 0 spiro atoms. The summed E-state index contributed by atoms with van der Waals surface area (Å²) in [5.74, 6) is -0.116. The minimum absolute atomic E-state index is 0.170. The highest BCUT2D eigenvalue weighted by molar-refractivity contribution is 7.88. The Hall–Kier alpha value is -2.59. The van der Waals surface area contributed by atoms with Crippen molar-refractivity contribution in [1.82, 2.24) is 14.1 Å². The van der Waals surface area contributed by atoms with Crippen molar-refractivity contribution in [3.8, 4) is 16.9 Å². The first-order valence-electron chi connectivity index (χ1n) is 9.94. The van der Waals surface area contributed by atoms with Crippen LogP contribution in [0.3, 0.4) is 0 Å². The molecule has 2 heterocycles. The highest BCUT2D eigenvalue weighted by Gasteiger charge is 2.32. The number of anilines is 1. The van der Waals surface area contributed by atoms with Gasteiger partial charge in [0.05, 0.1) is 17.9 Å². The van der Waals surface area contributed by atoms with Gasteiger partial charge in [0.2, 0.25) is 16.0 Å². The van der Waals surface area contributed by atoms with E-state index in [2.05, 4.69) is 5.10 Å². The largest absolute Gasteiger partial charge is 0.475 e. The lowest BCUT2D eigenvalue weighted by Gasteiger charge is -2.34. The minimum atomic E-state index is -3.60. The molecule has 1 fully saturated rings. The predicted octanol–water partition coefficient (Wildman–Crippen LogP) is 2.93. The predicted molar refractivity (Wildman–Crippen MR) is 112 cm³/mol. The van der Waals surface area contributed by atoms with Crippen LogP contribution in [0.15, 0.2) is 24.5 Å². The molecular weight excluding hydrogens is 408 g/mol. The maximum absolute atomic E-state index is 12.3. The van der Waals surface area contributed by atoms with E-state index in [1.807, 2.05) is 17.8 Å². The van der Waals surface area contributed by atoms with Crippen LogP contribution in [0.1, 0.15) is 37.8 Å². The van der Waals surface area contributed by atoms with Gasteiger partial charge < -0.3 is 9.84 Å². The second-order valence-corrected chi connectivity index (χ2v) is 10.2. The van der Waals surface area contributed by atoms with Crippen LogP contribution >= 0.6 is 0 Å². The zero-order valence-corrected chi connectivity index (χ0v) is 18.1. The average Bonchev–Trinajstić information content (AvgIpc) is 3.42. The SMILES string of the molecule is C[C@H]1CCc2c(ccc(-c3cnn(C4CC4)c3)c2OCS(=O)(=O)N(C)C)N1C(=O)O. The maximum atomic E-state index is 12.3. The lowest BCUT2D eigenvalue weighted by Crippen LogP contribution is -2.41. The number of hydrogen-bond donors (Lipinski definition) is 1. The number of fused-ring (bicyclic) bond motifs is 1. The molecule has 9 nitrogen and oxygen atoms in total. The average molecular weight is 435 g/mol. The number of amides is 1. The number of nitrogens with zero attached hydrogens (tertiary/aromatic N) is 4. The Morgan fingerprint density at radius 1 is 1.30 bits per heavy atom. The van der Waals surface area contributed by atoms with Crippen LogP contribution in [0.25, 0.3) is 11.1 Å². The molecule has 30 heavy (non-hydrogen) atoms. The van der Waals surface area contributed by atoms with Crippen LogP contribution in [-0.2, 0) is 16.4 Å². The van der Waals surface area contributed by atoms with Gasteiger partial charge in [0.1, 0.15) is 5.75 Å². The molecule has 1 amide bonds. The quantitative estimate of drug-likeness (QED) is 0.749. The molecule has 10 heteroatoms. The Morgan fingerprint density at radius 3 is 2.67 bits per heavy atom. The molecule has 1 aromatic heterocycles. The lowest BCUT2D eigenvalue weighted by atomic mass is 9.92. The number of benzene rings is 1. The number of carbonyl (C=O) groups is 1. The van der Waals surface area contributed by atoms with Gasteiger partial charge in [-0.15, -0.1) is 0 Å². The molecule has 1 aliphatic carbocycles. The third-order valence-corrected chi connectivity index (χ3v) is 7.22. The van der Waals surface area contributed by atoms with E-state index in [9.17, 15) is 18.3 Å². The zero-order valence-electron chi connectivity index (χ0n) is 17.3. The van der Waals surface area contributed by atoms with E-state index in [-0.39, 0.29) is 6.04 Å². The fourth-order valence-corrected chi connectivity index (χ4v) is 4.22. The van der Waals surface area contributed by atoms with Gasteiger partial charge in [-0.25, -0.2) is 17.5 Å². The maximum Gasteiger partial charge on any atom is 0.412 e. The van der Waals surface area contributed by atoms with Crippen molar-refractivity contribution in [2.45, 2.75) is 44.7 Å². The summed E-state index contributed by atoms with van der Waals surface area (Å²) in [5.41, 5.74) is 2.79. The summed E-state index contributed by atoms with van der Waals surface area (Å²) in [7, 11) is -0.696. The van der Waals surface area contributed by atoms with Gasteiger partial charge in [-0.3, -0.25) is 9.58 Å². The van der Waals surface area contributed by atoms with Crippen LogP contribution in [0.4, 0.5) is 10.5 Å². The Labute approximate surface area is 175 Å². The Balaban J connectivity index is 1.80. The highest BCUT2D eigenvalue weighted by Crippen LogP contribution is 2.44. The first-order chi connectivity index (χ1) is 14.2. The minimum Gasteiger partial charge on any atom is -0.475 e. The Morgan fingerprint density at radius 2 is 2.03 bits per heavy atom. The molecule has 1 N–H and O–H groups in total. The number of ether oxygens (including phenoxy) is 1. The molecule has 0 unspecified atom stereocenters. The molecule has 1 aromatic carbocycles. The number of carboxylic acid groups (broad SMARTS) is 1.